The predicted octanol–water partition coefficient (Wildman–Crippen LogP) is 3.26. The molecule has 1 heterocycles. The van der Waals surface area contributed by atoms with Gasteiger partial charge >= 0.3 is 5.97 Å². The van der Waals surface area contributed by atoms with Crippen LogP contribution in [0.4, 0.5) is 11.4 Å². The summed E-state index contributed by atoms with van der Waals surface area (Å²) in [6, 6.07) is 13.1. The number of carbonyl (C=O) groups is 1. The van der Waals surface area contributed by atoms with Crippen molar-refractivity contribution in [2.45, 2.75) is 24.2 Å². The number of hydrogen-bond acceptors (Lipinski definition) is 5. The van der Waals surface area contributed by atoms with Crippen LogP contribution in [0.5, 0.6) is 0 Å². The topological polar surface area (TPSA) is 75.7 Å². The van der Waals surface area contributed by atoms with E-state index in [-0.39, 0.29) is 4.90 Å². The Hall–Kier alpha value is -2.54. The highest BCUT2D eigenvalue weighted by Crippen LogP contribution is 2.30. The van der Waals surface area contributed by atoms with Crippen LogP contribution in [-0.4, -0.2) is 34.6 Å². The maximum absolute atomic E-state index is 12.7. The molecule has 1 N–H and O–H groups in total. The normalized spacial score (nSPS) is 14.7. The SMILES string of the molecule is COC(=O)c1ccc(S(=O)(=O)Nc2ccccc2N2CCCCC2)cc1. The monoisotopic (exact) mass is 374 g/mol. The molecule has 0 bridgehead atoms. The molecule has 0 spiro atoms. The summed E-state index contributed by atoms with van der Waals surface area (Å²) >= 11 is 0. The Morgan fingerprint density at radius 2 is 1.65 bits per heavy atom. The third kappa shape index (κ3) is 3.99. The van der Waals surface area contributed by atoms with Crippen LogP contribution in [0.1, 0.15) is 29.6 Å². The number of ether oxygens (including phenoxy) is 1. The number of esters is 1. The maximum atomic E-state index is 12.7. The largest absolute Gasteiger partial charge is 0.465 e. The summed E-state index contributed by atoms with van der Waals surface area (Å²) in [6.07, 6.45) is 3.42. The van der Waals surface area contributed by atoms with Crippen LogP contribution in [0.2, 0.25) is 0 Å². The lowest BCUT2D eigenvalue weighted by Crippen LogP contribution is -2.30. The number of hydrogen-bond donors (Lipinski definition) is 1. The van der Waals surface area contributed by atoms with Crippen molar-refractivity contribution in [2.24, 2.45) is 0 Å². The number of rotatable bonds is 5. The first-order valence-corrected chi connectivity index (χ1v) is 10.0. The molecule has 6 nitrogen and oxygen atoms in total. The third-order valence-electron chi connectivity index (χ3n) is 4.43. The van der Waals surface area contributed by atoms with E-state index in [2.05, 4.69) is 14.4 Å². The van der Waals surface area contributed by atoms with Gasteiger partial charge in [0.15, 0.2) is 0 Å². The van der Waals surface area contributed by atoms with E-state index < -0.39 is 16.0 Å². The van der Waals surface area contributed by atoms with Crippen molar-refractivity contribution in [1.29, 1.82) is 0 Å². The average molecular weight is 374 g/mol. The van der Waals surface area contributed by atoms with Gasteiger partial charge in [-0.25, -0.2) is 13.2 Å². The Balaban J connectivity index is 1.85. The van der Waals surface area contributed by atoms with Crippen molar-refractivity contribution < 1.29 is 17.9 Å². The fraction of sp³-hybridized carbons (Fsp3) is 0.316. The number of anilines is 2. The number of benzene rings is 2. The molecule has 26 heavy (non-hydrogen) atoms. The smallest absolute Gasteiger partial charge is 0.337 e. The van der Waals surface area contributed by atoms with E-state index in [4.69, 9.17) is 0 Å². The lowest BCUT2D eigenvalue weighted by molar-refractivity contribution is 0.0600. The van der Waals surface area contributed by atoms with Gasteiger partial charge in [0.05, 0.1) is 28.9 Å². The molecule has 0 unspecified atom stereocenters. The van der Waals surface area contributed by atoms with Crippen molar-refractivity contribution in [2.75, 3.05) is 29.8 Å². The molecule has 0 atom stereocenters. The summed E-state index contributed by atoms with van der Waals surface area (Å²) in [5, 5.41) is 0. The second kappa shape index (κ2) is 7.78. The molecular formula is C19H22N2O4S. The minimum atomic E-state index is -3.75. The number of nitrogens with one attached hydrogen (secondary N) is 1. The van der Waals surface area contributed by atoms with E-state index in [1.54, 1.807) is 6.07 Å². The molecular weight excluding hydrogens is 352 g/mol. The number of methoxy groups -OCH3 is 1. The molecule has 138 valence electrons. The van der Waals surface area contributed by atoms with Gasteiger partial charge in [-0.3, -0.25) is 4.72 Å². The van der Waals surface area contributed by atoms with Gasteiger partial charge in [-0.15, -0.1) is 0 Å². The summed E-state index contributed by atoms with van der Waals surface area (Å²) in [5.74, 6) is -0.502. The summed E-state index contributed by atoms with van der Waals surface area (Å²) in [6.45, 7) is 1.85. The first-order chi connectivity index (χ1) is 12.5. The first-order valence-electron chi connectivity index (χ1n) is 8.56. The molecule has 2 aromatic rings. The summed E-state index contributed by atoms with van der Waals surface area (Å²) in [7, 11) is -2.47. The van der Waals surface area contributed by atoms with Crippen LogP contribution in [0.25, 0.3) is 0 Å². The fourth-order valence-electron chi connectivity index (χ4n) is 3.06. The van der Waals surface area contributed by atoms with Crippen molar-refractivity contribution in [3.8, 4) is 0 Å². The van der Waals surface area contributed by atoms with Crippen molar-refractivity contribution in [1.82, 2.24) is 0 Å². The molecule has 0 aromatic heterocycles. The molecule has 2 aromatic carbocycles. The standard InChI is InChI=1S/C19H22N2O4S/c1-25-19(22)15-9-11-16(12-10-15)26(23,24)20-17-7-3-4-8-18(17)21-13-5-2-6-14-21/h3-4,7-12,20H,2,5-6,13-14H2,1H3. The van der Waals surface area contributed by atoms with E-state index in [0.717, 1.165) is 31.6 Å². The average Bonchev–Trinajstić information content (AvgIpc) is 2.68. The molecule has 0 aliphatic carbocycles. The number of nitrogens with zero attached hydrogens (tertiary/aromatic N) is 1. The van der Waals surface area contributed by atoms with Gasteiger partial charge in [-0.1, -0.05) is 12.1 Å². The molecule has 0 amide bonds. The molecule has 3 rings (SSSR count). The van der Waals surface area contributed by atoms with Crippen LogP contribution < -0.4 is 9.62 Å². The van der Waals surface area contributed by atoms with E-state index in [1.807, 2.05) is 18.2 Å². The Bertz CT molecular complexity index is 873. The number of para-hydroxylation sites is 2. The quantitative estimate of drug-likeness (QED) is 0.813. The van der Waals surface area contributed by atoms with E-state index >= 15 is 0 Å². The number of carbonyl (C=O) groups excluding carboxylic acids is 1. The molecule has 0 saturated carbocycles. The Morgan fingerprint density at radius 1 is 1.00 bits per heavy atom. The van der Waals surface area contributed by atoms with Gasteiger partial charge in [0.25, 0.3) is 10.0 Å². The summed E-state index contributed by atoms with van der Waals surface area (Å²) < 4.78 is 32.8. The number of piperidine rings is 1. The van der Waals surface area contributed by atoms with E-state index in [9.17, 15) is 13.2 Å². The molecule has 1 aliphatic heterocycles. The maximum Gasteiger partial charge on any atom is 0.337 e. The molecule has 0 radical (unpaired) electrons. The molecule has 7 heteroatoms. The third-order valence-corrected chi connectivity index (χ3v) is 5.81. The van der Waals surface area contributed by atoms with Crippen molar-refractivity contribution >= 4 is 27.4 Å². The number of sulfonamides is 1. The van der Waals surface area contributed by atoms with Crippen LogP contribution in [0.3, 0.4) is 0 Å². The molecule has 1 saturated heterocycles. The van der Waals surface area contributed by atoms with Crippen molar-refractivity contribution in [3.63, 3.8) is 0 Å². The highest BCUT2D eigenvalue weighted by Gasteiger charge is 2.20. The van der Waals surface area contributed by atoms with Gasteiger partial charge in [0.2, 0.25) is 0 Å². The van der Waals surface area contributed by atoms with Gasteiger partial charge in [0, 0.05) is 13.1 Å². The van der Waals surface area contributed by atoms with Gasteiger partial charge in [0.1, 0.15) is 0 Å². The van der Waals surface area contributed by atoms with Crippen LogP contribution in [0.15, 0.2) is 53.4 Å². The molecule has 1 fully saturated rings. The zero-order chi connectivity index (χ0) is 18.6. The highest BCUT2D eigenvalue weighted by atomic mass is 32.2. The lowest BCUT2D eigenvalue weighted by Gasteiger charge is -2.30. The van der Waals surface area contributed by atoms with E-state index in [1.165, 1.54) is 37.8 Å². The second-order valence-corrected chi connectivity index (χ2v) is 7.87. The Kier molecular flexibility index (Phi) is 5.46. The van der Waals surface area contributed by atoms with Gasteiger partial charge in [-0.05, 0) is 55.7 Å². The summed E-state index contributed by atoms with van der Waals surface area (Å²) in [5.41, 5.74) is 1.76. The highest BCUT2D eigenvalue weighted by molar-refractivity contribution is 7.92. The zero-order valence-electron chi connectivity index (χ0n) is 14.6. The zero-order valence-corrected chi connectivity index (χ0v) is 15.5. The van der Waals surface area contributed by atoms with Crippen LogP contribution in [-0.2, 0) is 14.8 Å². The van der Waals surface area contributed by atoms with Crippen LogP contribution in [0, 0.1) is 0 Å². The van der Waals surface area contributed by atoms with Crippen molar-refractivity contribution in [3.05, 3.63) is 54.1 Å². The minimum Gasteiger partial charge on any atom is -0.465 e. The summed E-state index contributed by atoms with van der Waals surface area (Å²) in [4.78, 5) is 13.8. The van der Waals surface area contributed by atoms with Gasteiger partial charge < -0.3 is 9.64 Å². The van der Waals surface area contributed by atoms with E-state index in [0.29, 0.717) is 11.3 Å². The first kappa shape index (κ1) is 18.3. The fourth-order valence-corrected chi connectivity index (χ4v) is 4.14. The van der Waals surface area contributed by atoms with Gasteiger partial charge in [-0.2, -0.15) is 0 Å². The Labute approximate surface area is 153 Å². The predicted molar refractivity (Wildman–Crippen MR) is 101 cm³/mol. The molecule has 1 aliphatic rings. The van der Waals surface area contributed by atoms with Crippen LogP contribution >= 0.6 is 0 Å². The Morgan fingerprint density at radius 3 is 2.31 bits per heavy atom. The lowest BCUT2D eigenvalue weighted by atomic mass is 10.1. The second-order valence-electron chi connectivity index (χ2n) is 6.19. The minimum absolute atomic E-state index is 0.0959.